The largest absolute Gasteiger partial charge is 0.454 e. The van der Waals surface area contributed by atoms with Crippen LogP contribution >= 0.6 is 0 Å². The molecule has 0 amide bonds. The Hall–Kier alpha value is -3.92. The molecule has 0 unspecified atom stereocenters. The fourth-order valence-electron chi connectivity index (χ4n) is 4.33. The van der Waals surface area contributed by atoms with Gasteiger partial charge in [-0.1, -0.05) is 29.3 Å². The Labute approximate surface area is 179 Å². The lowest BCUT2D eigenvalue weighted by atomic mass is 10.0. The monoisotopic (exact) mass is 404 g/mol. The van der Waals surface area contributed by atoms with Gasteiger partial charge in [0.1, 0.15) is 11.3 Å². The first kappa shape index (κ1) is 17.9. The number of furan rings is 2. The summed E-state index contributed by atoms with van der Waals surface area (Å²) in [6.07, 6.45) is 1.79. The van der Waals surface area contributed by atoms with Crippen LogP contribution in [0.1, 0.15) is 16.8 Å². The Kier molecular flexibility index (Phi) is 3.78. The lowest BCUT2D eigenvalue weighted by Crippen LogP contribution is -1.83. The lowest BCUT2D eigenvalue weighted by Gasteiger charge is -2.01. The van der Waals surface area contributed by atoms with Gasteiger partial charge in [-0.2, -0.15) is 0 Å². The Bertz CT molecular complexity index is 1600. The van der Waals surface area contributed by atoms with Crippen LogP contribution in [0.4, 0.5) is 0 Å². The summed E-state index contributed by atoms with van der Waals surface area (Å²) in [5.41, 5.74) is 8.48. The molecule has 0 aliphatic rings. The van der Waals surface area contributed by atoms with Gasteiger partial charge in [0.15, 0.2) is 5.58 Å². The molecule has 6 rings (SSSR count). The molecule has 6 aromatic rings. The summed E-state index contributed by atoms with van der Waals surface area (Å²) in [7, 11) is 0. The second kappa shape index (κ2) is 6.54. The zero-order valence-corrected chi connectivity index (χ0v) is 17.6. The number of aryl methyl sites for hydroxylation is 3. The number of benzene rings is 2. The zero-order chi connectivity index (χ0) is 21.1. The summed E-state index contributed by atoms with van der Waals surface area (Å²) < 4.78 is 12.3. The van der Waals surface area contributed by atoms with Gasteiger partial charge in [-0.3, -0.25) is 4.98 Å². The molecule has 0 fully saturated rings. The number of hydrogen-bond acceptors (Lipinski definition) is 4. The minimum atomic E-state index is 0.656. The van der Waals surface area contributed by atoms with Gasteiger partial charge >= 0.3 is 0 Å². The van der Waals surface area contributed by atoms with Gasteiger partial charge in [0.05, 0.1) is 11.9 Å². The predicted molar refractivity (Wildman–Crippen MR) is 124 cm³/mol. The van der Waals surface area contributed by atoms with E-state index in [0.717, 1.165) is 55.6 Å². The molecule has 4 aromatic heterocycles. The van der Waals surface area contributed by atoms with Crippen LogP contribution in [0.3, 0.4) is 0 Å². The quantitative estimate of drug-likeness (QED) is 0.302. The van der Waals surface area contributed by atoms with E-state index in [1.54, 1.807) is 6.20 Å². The van der Waals surface area contributed by atoms with E-state index < -0.39 is 0 Å². The first-order valence-corrected chi connectivity index (χ1v) is 10.3. The Balaban J connectivity index is 1.52. The third-order valence-corrected chi connectivity index (χ3v) is 5.69. The van der Waals surface area contributed by atoms with Crippen LogP contribution in [0.15, 0.2) is 75.7 Å². The summed E-state index contributed by atoms with van der Waals surface area (Å²) in [6, 6.07) is 20.8. The van der Waals surface area contributed by atoms with E-state index in [1.165, 1.54) is 11.1 Å². The second-order valence-electron chi connectivity index (χ2n) is 8.18. The number of nitrogens with zero attached hydrogens (tertiary/aromatic N) is 2. The molecule has 0 bridgehead atoms. The van der Waals surface area contributed by atoms with E-state index in [2.05, 4.69) is 66.3 Å². The van der Waals surface area contributed by atoms with E-state index in [0.29, 0.717) is 5.71 Å². The summed E-state index contributed by atoms with van der Waals surface area (Å²) in [4.78, 5) is 9.23. The maximum Gasteiger partial charge on any atom is 0.227 e. The van der Waals surface area contributed by atoms with Crippen molar-refractivity contribution in [2.24, 2.45) is 0 Å². The molecule has 0 spiro atoms. The SMILES string of the molecule is Cc1cc(C)cc(-c2cc3cc(-c4cccc5c4oc4nc(C)ccc45)ncc3o2)c1. The number of pyridine rings is 2. The van der Waals surface area contributed by atoms with Crippen LogP contribution in [0.5, 0.6) is 0 Å². The Morgan fingerprint density at radius 1 is 0.774 bits per heavy atom. The molecule has 31 heavy (non-hydrogen) atoms. The van der Waals surface area contributed by atoms with Crippen LogP contribution in [-0.2, 0) is 0 Å². The third-order valence-electron chi connectivity index (χ3n) is 5.69. The molecule has 2 aromatic carbocycles. The van der Waals surface area contributed by atoms with E-state index in [-0.39, 0.29) is 0 Å². The van der Waals surface area contributed by atoms with Gasteiger partial charge in [0.25, 0.3) is 0 Å². The minimum absolute atomic E-state index is 0.656. The normalized spacial score (nSPS) is 11.7. The lowest BCUT2D eigenvalue weighted by molar-refractivity contribution is 0.629. The van der Waals surface area contributed by atoms with Crippen LogP contribution in [0, 0.1) is 20.8 Å². The smallest absolute Gasteiger partial charge is 0.227 e. The van der Waals surface area contributed by atoms with Crippen molar-refractivity contribution in [1.82, 2.24) is 9.97 Å². The molecule has 4 nitrogen and oxygen atoms in total. The molecule has 4 heterocycles. The zero-order valence-electron chi connectivity index (χ0n) is 17.6. The number of rotatable bonds is 2. The van der Waals surface area contributed by atoms with Crippen molar-refractivity contribution in [1.29, 1.82) is 0 Å². The van der Waals surface area contributed by atoms with Crippen molar-refractivity contribution >= 4 is 33.0 Å². The van der Waals surface area contributed by atoms with E-state index >= 15 is 0 Å². The summed E-state index contributed by atoms with van der Waals surface area (Å²) in [5.74, 6) is 0.849. The molecule has 0 radical (unpaired) electrons. The molecule has 0 aliphatic carbocycles. The molecule has 0 atom stereocenters. The van der Waals surface area contributed by atoms with Gasteiger partial charge in [-0.15, -0.1) is 0 Å². The number of aromatic nitrogens is 2. The van der Waals surface area contributed by atoms with Gasteiger partial charge in [0, 0.05) is 33.0 Å². The van der Waals surface area contributed by atoms with Crippen molar-refractivity contribution in [2.75, 3.05) is 0 Å². The highest BCUT2D eigenvalue weighted by Crippen LogP contribution is 2.36. The Morgan fingerprint density at radius 2 is 1.61 bits per heavy atom. The highest BCUT2D eigenvalue weighted by atomic mass is 16.3. The highest BCUT2D eigenvalue weighted by Gasteiger charge is 2.15. The maximum atomic E-state index is 6.16. The van der Waals surface area contributed by atoms with Crippen molar-refractivity contribution < 1.29 is 8.83 Å². The Morgan fingerprint density at radius 3 is 2.45 bits per heavy atom. The molecule has 4 heteroatoms. The summed E-state index contributed by atoms with van der Waals surface area (Å²) >= 11 is 0. The van der Waals surface area contributed by atoms with Crippen LogP contribution in [0.25, 0.3) is 55.6 Å². The van der Waals surface area contributed by atoms with E-state index in [9.17, 15) is 0 Å². The first-order chi connectivity index (χ1) is 15.0. The van der Waals surface area contributed by atoms with Gasteiger partial charge in [0.2, 0.25) is 5.71 Å². The second-order valence-corrected chi connectivity index (χ2v) is 8.18. The van der Waals surface area contributed by atoms with Gasteiger partial charge < -0.3 is 8.83 Å². The molecule has 0 N–H and O–H groups in total. The average Bonchev–Trinajstić information content (AvgIpc) is 3.33. The predicted octanol–water partition coefficient (Wildman–Crippen LogP) is 7.38. The molecule has 0 aliphatic heterocycles. The average molecular weight is 404 g/mol. The van der Waals surface area contributed by atoms with Gasteiger partial charge in [-0.05, 0) is 63.2 Å². The minimum Gasteiger partial charge on any atom is -0.454 e. The first-order valence-electron chi connectivity index (χ1n) is 10.3. The van der Waals surface area contributed by atoms with E-state index in [4.69, 9.17) is 8.83 Å². The fraction of sp³-hybridized carbons (Fsp3) is 0.111. The van der Waals surface area contributed by atoms with Crippen molar-refractivity contribution in [2.45, 2.75) is 20.8 Å². The molecule has 0 saturated heterocycles. The number of hydrogen-bond donors (Lipinski definition) is 0. The highest BCUT2D eigenvalue weighted by molar-refractivity contribution is 6.08. The van der Waals surface area contributed by atoms with Crippen molar-refractivity contribution in [3.8, 4) is 22.6 Å². The van der Waals surface area contributed by atoms with E-state index in [1.807, 2.05) is 25.1 Å². The molecular weight excluding hydrogens is 384 g/mol. The van der Waals surface area contributed by atoms with Crippen LogP contribution in [-0.4, -0.2) is 9.97 Å². The summed E-state index contributed by atoms with van der Waals surface area (Å²) in [5, 5.41) is 3.08. The topological polar surface area (TPSA) is 52.1 Å². The van der Waals surface area contributed by atoms with Crippen LogP contribution in [0.2, 0.25) is 0 Å². The molecule has 0 saturated carbocycles. The maximum absolute atomic E-state index is 6.16. The summed E-state index contributed by atoms with van der Waals surface area (Å²) in [6.45, 7) is 6.17. The van der Waals surface area contributed by atoms with Crippen LogP contribution < -0.4 is 0 Å². The third kappa shape index (κ3) is 2.91. The van der Waals surface area contributed by atoms with Gasteiger partial charge in [-0.25, -0.2) is 4.98 Å². The molecule has 150 valence electrons. The standard InChI is InChI=1S/C27H20N2O2/c1-15-9-16(2)11-18(10-15)24-13-19-12-23(28-14-25(19)30-24)22-6-4-5-20-21-8-7-17(3)29-27(21)31-26(20)22/h4-14H,1-3H3. The molecular formula is C27H20N2O2. The van der Waals surface area contributed by atoms with Crippen molar-refractivity contribution in [3.05, 3.63) is 83.7 Å². The number of para-hydroxylation sites is 1. The number of fused-ring (bicyclic) bond motifs is 4. The van der Waals surface area contributed by atoms with Crippen molar-refractivity contribution in [3.63, 3.8) is 0 Å². The fourth-order valence-corrected chi connectivity index (χ4v) is 4.33.